The van der Waals surface area contributed by atoms with Crippen LogP contribution in [0.5, 0.6) is 0 Å². The van der Waals surface area contributed by atoms with Crippen LogP contribution in [0.4, 0.5) is 0 Å². The SMILES string of the molecule is O=C(O)c1ccc(C[n+]2ccccc2/C=C/c2ccc(Cl)cc2)cc1.[Cl-]. The molecule has 1 heterocycles. The number of hydrogen-bond acceptors (Lipinski definition) is 1. The van der Waals surface area contributed by atoms with Crippen molar-refractivity contribution in [2.45, 2.75) is 6.54 Å². The third-order valence-corrected chi connectivity index (χ3v) is 4.10. The topological polar surface area (TPSA) is 41.2 Å². The van der Waals surface area contributed by atoms with Gasteiger partial charge in [-0.1, -0.05) is 35.9 Å². The molecule has 3 rings (SSSR count). The zero-order valence-electron chi connectivity index (χ0n) is 13.8. The molecule has 0 saturated heterocycles. The van der Waals surface area contributed by atoms with Crippen molar-refractivity contribution < 1.29 is 26.9 Å². The zero-order valence-corrected chi connectivity index (χ0v) is 15.4. The molecule has 0 radical (unpaired) electrons. The van der Waals surface area contributed by atoms with Gasteiger partial charge >= 0.3 is 5.97 Å². The van der Waals surface area contributed by atoms with Crippen molar-refractivity contribution >= 4 is 29.7 Å². The van der Waals surface area contributed by atoms with Gasteiger partial charge in [0.1, 0.15) is 0 Å². The number of nitrogens with zero attached hydrogens (tertiary/aromatic N) is 1. The first-order chi connectivity index (χ1) is 12.1. The molecule has 0 amide bonds. The van der Waals surface area contributed by atoms with Gasteiger partial charge in [-0.2, -0.15) is 4.57 Å². The maximum absolute atomic E-state index is 10.9. The van der Waals surface area contributed by atoms with E-state index in [4.69, 9.17) is 16.7 Å². The average molecular weight is 386 g/mol. The van der Waals surface area contributed by atoms with E-state index in [1.165, 1.54) is 0 Å². The van der Waals surface area contributed by atoms with Crippen molar-refractivity contribution in [1.82, 2.24) is 0 Å². The first-order valence-corrected chi connectivity index (χ1v) is 8.24. The van der Waals surface area contributed by atoms with Crippen molar-refractivity contribution in [3.8, 4) is 0 Å². The lowest BCUT2D eigenvalue weighted by molar-refractivity contribution is -0.690. The number of carbonyl (C=O) groups is 1. The number of hydrogen-bond donors (Lipinski definition) is 1. The number of pyridine rings is 1. The van der Waals surface area contributed by atoms with E-state index in [-0.39, 0.29) is 12.4 Å². The molecule has 2 aromatic carbocycles. The van der Waals surface area contributed by atoms with Crippen LogP contribution >= 0.6 is 11.6 Å². The number of aromatic carboxylic acids is 1. The maximum Gasteiger partial charge on any atom is 0.335 e. The van der Waals surface area contributed by atoms with E-state index in [1.807, 2.05) is 66.9 Å². The first kappa shape index (κ1) is 19.7. The van der Waals surface area contributed by atoms with E-state index < -0.39 is 5.97 Å². The van der Waals surface area contributed by atoms with E-state index in [2.05, 4.69) is 10.6 Å². The summed E-state index contributed by atoms with van der Waals surface area (Å²) in [7, 11) is 0. The predicted octanol–water partition coefficient (Wildman–Crippen LogP) is 1.55. The second-order valence-corrected chi connectivity index (χ2v) is 6.08. The number of carboxylic acid groups (broad SMARTS) is 1. The quantitative estimate of drug-likeness (QED) is 0.677. The molecule has 0 bridgehead atoms. The smallest absolute Gasteiger partial charge is 0.335 e. The number of rotatable bonds is 5. The fraction of sp³-hybridized carbons (Fsp3) is 0.0476. The van der Waals surface area contributed by atoms with Gasteiger partial charge in [0.15, 0.2) is 12.7 Å². The number of aromatic nitrogens is 1. The third-order valence-electron chi connectivity index (χ3n) is 3.85. The zero-order chi connectivity index (χ0) is 17.6. The summed E-state index contributed by atoms with van der Waals surface area (Å²) in [6, 6.07) is 20.6. The lowest BCUT2D eigenvalue weighted by atomic mass is 10.1. The van der Waals surface area contributed by atoms with Gasteiger partial charge in [0.25, 0.3) is 0 Å². The molecule has 0 unspecified atom stereocenters. The summed E-state index contributed by atoms with van der Waals surface area (Å²) >= 11 is 5.91. The second-order valence-electron chi connectivity index (χ2n) is 5.64. The Morgan fingerprint density at radius 3 is 2.31 bits per heavy atom. The van der Waals surface area contributed by atoms with Gasteiger partial charge in [-0.15, -0.1) is 0 Å². The Morgan fingerprint density at radius 2 is 1.65 bits per heavy atom. The predicted molar refractivity (Wildman–Crippen MR) is 99.5 cm³/mol. The van der Waals surface area contributed by atoms with E-state index in [9.17, 15) is 4.79 Å². The van der Waals surface area contributed by atoms with Crippen LogP contribution in [0.15, 0.2) is 72.9 Å². The normalized spacial score (nSPS) is 10.5. The summed E-state index contributed by atoms with van der Waals surface area (Å²) in [5.74, 6) is -0.912. The lowest BCUT2D eigenvalue weighted by Crippen LogP contribution is -3.00. The standard InChI is InChI=1S/C21H16ClNO2.ClH/c22-19-11-6-16(7-12-19)8-13-20-3-1-2-14-23(20)15-17-4-9-18(10-5-17)21(24)25;/h1-14H,15H2;1H/b13-8+;. The van der Waals surface area contributed by atoms with Crippen molar-refractivity contribution in [3.63, 3.8) is 0 Å². The van der Waals surface area contributed by atoms with Crippen LogP contribution in [0.1, 0.15) is 27.2 Å². The third kappa shape index (κ3) is 5.19. The highest BCUT2D eigenvalue weighted by Crippen LogP contribution is 2.12. The minimum Gasteiger partial charge on any atom is -1.00 e. The summed E-state index contributed by atoms with van der Waals surface area (Å²) in [6.45, 7) is 0.668. The summed E-state index contributed by atoms with van der Waals surface area (Å²) in [6.07, 6.45) is 6.09. The molecule has 1 aromatic heterocycles. The van der Waals surface area contributed by atoms with Crippen molar-refractivity contribution in [2.24, 2.45) is 0 Å². The molecule has 5 heteroatoms. The average Bonchev–Trinajstić information content (AvgIpc) is 2.63. The molecule has 0 saturated carbocycles. The molecule has 3 nitrogen and oxygen atoms in total. The molecule has 0 aliphatic carbocycles. The molecule has 0 fully saturated rings. The van der Waals surface area contributed by atoms with E-state index in [0.29, 0.717) is 12.1 Å². The summed E-state index contributed by atoms with van der Waals surface area (Å²) in [4.78, 5) is 10.9. The van der Waals surface area contributed by atoms with Gasteiger partial charge in [0.05, 0.1) is 5.56 Å². The monoisotopic (exact) mass is 385 g/mol. The Kier molecular flexibility index (Phi) is 6.96. The molecule has 26 heavy (non-hydrogen) atoms. The fourth-order valence-electron chi connectivity index (χ4n) is 2.49. The minimum atomic E-state index is -0.912. The molecule has 0 atom stereocenters. The van der Waals surface area contributed by atoms with Crippen molar-refractivity contribution in [1.29, 1.82) is 0 Å². The largest absolute Gasteiger partial charge is 1.00 e. The minimum absolute atomic E-state index is 0. The van der Waals surface area contributed by atoms with Crippen LogP contribution < -0.4 is 17.0 Å². The Hall–Kier alpha value is -2.62. The van der Waals surface area contributed by atoms with Crippen molar-refractivity contribution in [3.05, 3.63) is 100 Å². The summed E-state index contributed by atoms with van der Waals surface area (Å²) < 4.78 is 2.11. The Morgan fingerprint density at radius 1 is 0.962 bits per heavy atom. The van der Waals surface area contributed by atoms with E-state index in [1.54, 1.807) is 12.1 Å². The van der Waals surface area contributed by atoms with Crippen LogP contribution in [-0.4, -0.2) is 11.1 Å². The molecule has 3 aromatic rings. The van der Waals surface area contributed by atoms with E-state index >= 15 is 0 Å². The molecular weight excluding hydrogens is 369 g/mol. The molecule has 0 spiro atoms. The molecule has 0 aliphatic rings. The van der Waals surface area contributed by atoms with Crippen LogP contribution in [0.3, 0.4) is 0 Å². The lowest BCUT2D eigenvalue weighted by Gasteiger charge is -2.02. The van der Waals surface area contributed by atoms with Crippen LogP contribution in [0.2, 0.25) is 5.02 Å². The highest BCUT2D eigenvalue weighted by atomic mass is 35.5. The van der Waals surface area contributed by atoms with Gasteiger partial charge < -0.3 is 17.5 Å². The Balaban J connectivity index is 0.00000243. The van der Waals surface area contributed by atoms with Crippen LogP contribution in [0.25, 0.3) is 12.2 Å². The van der Waals surface area contributed by atoms with Gasteiger partial charge in [-0.3, -0.25) is 0 Å². The Labute approximate surface area is 163 Å². The van der Waals surface area contributed by atoms with E-state index in [0.717, 1.165) is 21.8 Å². The number of halogens is 2. The van der Waals surface area contributed by atoms with Crippen LogP contribution in [-0.2, 0) is 6.54 Å². The van der Waals surface area contributed by atoms with Gasteiger partial charge in [-0.25, -0.2) is 4.79 Å². The molecule has 132 valence electrons. The number of benzene rings is 2. The van der Waals surface area contributed by atoms with Crippen molar-refractivity contribution in [2.75, 3.05) is 0 Å². The first-order valence-electron chi connectivity index (χ1n) is 7.86. The fourth-order valence-corrected chi connectivity index (χ4v) is 2.62. The maximum atomic E-state index is 10.9. The molecule has 1 N–H and O–H groups in total. The molecule has 0 aliphatic heterocycles. The summed E-state index contributed by atoms with van der Waals surface area (Å²) in [5.41, 5.74) is 3.47. The van der Waals surface area contributed by atoms with Crippen LogP contribution in [0, 0.1) is 0 Å². The number of carboxylic acids is 1. The summed E-state index contributed by atoms with van der Waals surface area (Å²) in [5, 5.41) is 9.70. The van der Waals surface area contributed by atoms with Gasteiger partial charge in [-0.05, 0) is 42.0 Å². The Bertz CT molecular complexity index is 904. The molecular formula is C21H17Cl2NO2. The van der Waals surface area contributed by atoms with Gasteiger partial charge in [0.2, 0.25) is 5.69 Å². The second kappa shape index (κ2) is 9.18. The van der Waals surface area contributed by atoms with Gasteiger partial charge in [0, 0.05) is 28.8 Å². The highest BCUT2D eigenvalue weighted by molar-refractivity contribution is 6.30. The highest BCUT2D eigenvalue weighted by Gasteiger charge is 2.09.